The Balaban J connectivity index is 1.62. The molecule has 2 nitrogen and oxygen atoms in total. The van der Waals surface area contributed by atoms with E-state index in [0.717, 1.165) is 25.9 Å². The molecule has 1 aliphatic carbocycles. The van der Waals surface area contributed by atoms with Gasteiger partial charge in [-0.25, -0.2) is 0 Å². The molecule has 16 heavy (non-hydrogen) atoms. The lowest BCUT2D eigenvalue weighted by atomic mass is 9.93. The zero-order valence-electron chi connectivity index (χ0n) is 10.2. The monoisotopic (exact) mass is 224 g/mol. The quantitative estimate of drug-likeness (QED) is 0.683. The fourth-order valence-electron chi connectivity index (χ4n) is 3.03. The number of rotatable bonds is 4. The number of carbonyl (C=O) groups is 1. The van der Waals surface area contributed by atoms with Gasteiger partial charge in [0.25, 0.3) is 0 Å². The molecule has 0 aromatic carbocycles. The molecule has 0 N–H and O–H groups in total. The Bertz CT molecular complexity index is 219. The van der Waals surface area contributed by atoms with Gasteiger partial charge in [0.1, 0.15) is 5.78 Å². The molecular weight excluding hydrogens is 200 g/mol. The van der Waals surface area contributed by atoms with Crippen molar-refractivity contribution >= 4 is 5.78 Å². The molecule has 0 amide bonds. The van der Waals surface area contributed by atoms with Crippen molar-refractivity contribution in [3.05, 3.63) is 0 Å². The summed E-state index contributed by atoms with van der Waals surface area (Å²) < 4.78 is 5.62. The summed E-state index contributed by atoms with van der Waals surface area (Å²) in [6.45, 7) is 0.965. The van der Waals surface area contributed by atoms with Gasteiger partial charge in [0.05, 0.1) is 6.10 Å². The van der Waals surface area contributed by atoms with Gasteiger partial charge in [-0.15, -0.1) is 0 Å². The fourth-order valence-corrected chi connectivity index (χ4v) is 3.03. The SMILES string of the molecule is O=C1CCCCC(CCCC2CCCO2)C1. The maximum absolute atomic E-state index is 11.5. The van der Waals surface area contributed by atoms with E-state index in [4.69, 9.17) is 4.74 Å². The molecule has 2 atom stereocenters. The minimum Gasteiger partial charge on any atom is -0.378 e. The van der Waals surface area contributed by atoms with Gasteiger partial charge in [-0.05, 0) is 38.0 Å². The molecule has 1 saturated heterocycles. The van der Waals surface area contributed by atoms with Crippen molar-refractivity contribution in [1.82, 2.24) is 0 Å². The minimum absolute atomic E-state index is 0.500. The summed E-state index contributed by atoms with van der Waals surface area (Å²) >= 11 is 0. The molecule has 0 radical (unpaired) electrons. The lowest BCUT2D eigenvalue weighted by molar-refractivity contribution is -0.119. The van der Waals surface area contributed by atoms with Gasteiger partial charge in [-0.1, -0.05) is 19.3 Å². The van der Waals surface area contributed by atoms with Gasteiger partial charge >= 0.3 is 0 Å². The van der Waals surface area contributed by atoms with E-state index in [0.29, 0.717) is 17.8 Å². The Morgan fingerprint density at radius 3 is 2.88 bits per heavy atom. The number of hydrogen-bond acceptors (Lipinski definition) is 2. The molecule has 92 valence electrons. The third-order valence-electron chi connectivity index (χ3n) is 4.00. The summed E-state index contributed by atoms with van der Waals surface area (Å²) in [6.07, 6.45) is 12.1. The Morgan fingerprint density at radius 1 is 1.12 bits per heavy atom. The van der Waals surface area contributed by atoms with E-state index in [1.54, 1.807) is 0 Å². The zero-order valence-corrected chi connectivity index (χ0v) is 10.2. The Morgan fingerprint density at radius 2 is 2.06 bits per heavy atom. The third kappa shape index (κ3) is 3.89. The van der Waals surface area contributed by atoms with E-state index < -0.39 is 0 Å². The van der Waals surface area contributed by atoms with Crippen molar-refractivity contribution in [2.75, 3.05) is 6.61 Å². The summed E-state index contributed by atoms with van der Waals surface area (Å²) in [6, 6.07) is 0. The van der Waals surface area contributed by atoms with Crippen LogP contribution in [0.1, 0.15) is 64.2 Å². The number of Topliss-reactive ketones (excluding diaryl/α,β-unsaturated/α-hetero) is 1. The summed E-state index contributed by atoms with van der Waals surface area (Å²) in [7, 11) is 0. The average Bonchev–Trinajstić information content (AvgIpc) is 2.69. The molecule has 0 bridgehead atoms. The van der Waals surface area contributed by atoms with Crippen LogP contribution in [-0.2, 0) is 9.53 Å². The highest BCUT2D eigenvalue weighted by Crippen LogP contribution is 2.26. The molecule has 2 heteroatoms. The fraction of sp³-hybridized carbons (Fsp3) is 0.929. The van der Waals surface area contributed by atoms with Crippen molar-refractivity contribution in [1.29, 1.82) is 0 Å². The van der Waals surface area contributed by atoms with Crippen LogP contribution in [0.25, 0.3) is 0 Å². The topological polar surface area (TPSA) is 26.3 Å². The summed E-state index contributed by atoms with van der Waals surface area (Å²) in [5, 5.41) is 0. The second kappa shape index (κ2) is 6.39. The minimum atomic E-state index is 0.500. The van der Waals surface area contributed by atoms with E-state index in [1.165, 1.54) is 44.9 Å². The number of carbonyl (C=O) groups excluding carboxylic acids is 1. The van der Waals surface area contributed by atoms with Gasteiger partial charge < -0.3 is 4.74 Å². The van der Waals surface area contributed by atoms with Gasteiger partial charge in [0.15, 0.2) is 0 Å². The van der Waals surface area contributed by atoms with Crippen LogP contribution in [-0.4, -0.2) is 18.5 Å². The van der Waals surface area contributed by atoms with E-state index in [2.05, 4.69) is 0 Å². The van der Waals surface area contributed by atoms with Crippen LogP contribution < -0.4 is 0 Å². The van der Waals surface area contributed by atoms with Crippen LogP contribution in [0, 0.1) is 5.92 Å². The predicted molar refractivity (Wildman–Crippen MR) is 64.4 cm³/mol. The van der Waals surface area contributed by atoms with Crippen LogP contribution in [0.15, 0.2) is 0 Å². The number of ether oxygens (including phenoxy) is 1. The second-order valence-corrected chi connectivity index (χ2v) is 5.42. The molecule has 2 fully saturated rings. The first-order valence-corrected chi connectivity index (χ1v) is 6.98. The summed E-state index contributed by atoms with van der Waals surface area (Å²) in [5.41, 5.74) is 0. The van der Waals surface area contributed by atoms with Crippen molar-refractivity contribution in [3.8, 4) is 0 Å². The smallest absolute Gasteiger partial charge is 0.133 e. The number of ketones is 1. The van der Waals surface area contributed by atoms with E-state index in [-0.39, 0.29) is 0 Å². The maximum Gasteiger partial charge on any atom is 0.133 e. The van der Waals surface area contributed by atoms with Crippen molar-refractivity contribution in [2.45, 2.75) is 70.3 Å². The van der Waals surface area contributed by atoms with E-state index in [9.17, 15) is 4.79 Å². The highest BCUT2D eigenvalue weighted by Gasteiger charge is 2.19. The van der Waals surface area contributed by atoms with Gasteiger partial charge in [-0.2, -0.15) is 0 Å². The van der Waals surface area contributed by atoms with E-state index >= 15 is 0 Å². The Labute approximate surface area is 98.7 Å². The van der Waals surface area contributed by atoms with Crippen molar-refractivity contribution in [2.24, 2.45) is 5.92 Å². The highest BCUT2D eigenvalue weighted by molar-refractivity contribution is 5.78. The lowest BCUT2D eigenvalue weighted by Crippen LogP contribution is -2.08. The standard InChI is InChI=1S/C14H24O2/c15-13-7-2-1-5-12(11-13)6-3-8-14-9-4-10-16-14/h12,14H,1-11H2. The molecule has 0 aromatic rings. The van der Waals surface area contributed by atoms with Crippen molar-refractivity contribution < 1.29 is 9.53 Å². The Hall–Kier alpha value is -0.370. The van der Waals surface area contributed by atoms with Crippen LogP contribution in [0.4, 0.5) is 0 Å². The maximum atomic E-state index is 11.5. The van der Waals surface area contributed by atoms with Gasteiger partial charge in [-0.3, -0.25) is 4.79 Å². The van der Waals surface area contributed by atoms with Crippen LogP contribution >= 0.6 is 0 Å². The molecule has 2 unspecified atom stereocenters. The first kappa shape index (κ1) is 12.1. The summed E-state index contributed by atoms with van der Waals surface area (Å²) in [5.74, 6) is 1.18. The largest absolute Gasteiger partial charge is 0.378 e. The molecule has 0 aromatic heterocycles. The van der Waals surface area contributed by atoms with Crippen molar-refractivity contribution in [3.63, 3.8) is 0 Å². The molecule has 0 spiro atoms. The molecule has 1 saturated carbocycles. The van der Waals surface area contributed by atoms with E-state index in [1.807, 2.05) is 0 Å². The van der Waals surface area contributed by atoms with Gasteiger partial charge in [0, 0.05) is 19.4 Å². The predicted octanol–water partition coefficient (Wildman–Crippen LogP) is 3.49. The zero-order chi connectivity index (χ0) is 11.2. The third-order valence-corrected chi connectivity index (χ3v) is 4.00. The van der Waals surface area contributed by atoms with Crippen LogP contribution in [0.2, 0.25) is 0 Å². The molecule has 2 rings (SSSR count). The normalized spacial score (nSPS) is 31.6. The molecule has 1 aliphatic heterocycles. The number of hydrogen-bond donors (Lipinski definition) is 0. The second-order valence-electron chi connectivity index (χ2n) is 5.42. The van der Waals surface area contributed by atoms with Gasteiger partial charge in [0.2, 0.25) is 0 Å². The highest BCUT2D eigenvalue weighted by atomic mass is 16.5. The molecule has 2 aliphatic rings. The molecule has 1 heterocycles. The first-order chi connectivity index (χ1) is 7.84. The Kier molecular flexibility index (Phi) is 4.83. The van der Waals surface area contributed by atoms with Crippen LogP contribution in [0.3, 0.4) is 0 Å². The lowest BCUT2D eigenvalue weighted by Gasteiger charge is -2.14. The summed E-state index contributed by atoms with van der Waals surface area (Å²) in [4.78, 5) is 11.5. The first-order valence-electron chi connectivity index (χ1n) is 6.98. The average molecular weight is 224 g/mol. The van der Waals surface area contributed by atoms with Crippen LogP contribution in [0.5, 0.6) is 0 Å². The molecular formula is C14H24O2.